The first-order chi connectivity index (χ1) is 11.3. The number of carbonyl (C=O) groups is 1. The molecule has 1 aromatic carbocycles. The highest BCUT2D eigenvalue weighted by atomic mass is 32.1. The highest BCUT2D eigenvalue weighted by Gasteiger charge is 2.27. The van der Waals surface area contributed by atoms with E-state index >= 15 is 0 Å². The number of aromatic nitrogens is 1. The molecule has 1 amide bonds. The molecule has 122 valence electrons. The normalized spacial score (nSPS) is 18.0. The molecule has 1 atom stereocenters. The van der Waals surface area contributed by atoms with Crippen LogP contribution in [0.2, 0.25) is 0 Å². The Morgan fingerprint density at radius 1 is 1.39 bits per heavy atom. The minimum atomic E-state index is 0.0828. The van der Waals surface area contributed by atoms with E-state index in [1.807, 2.05) is 18.2 Å². The van der Waals surface area contributed by atoms with Crippen LogP contribution in [0.4, 0.5) is 5.13 Å². The lowest BCUT2D eigenvalue weighted by molar-refractivity contribution is -0.125. The SMILES string of the molecule is CCCNC(=O)C1CCCN(c2nc(-c3ccccc3)cs2)C1. The third-order valence-corrected chi connectivity index (χ3v) is 5.07. The summed E-state index contributed by atoms with van der Waals surface area (Å²) in [7, 11) is 0. The maximum Gasteiger partial charge on any atom is 0.224 e. The Labute approximate surface area is 141 Å². The van der Waals surface area contributed by atoms with Crippen LogP contribution in [0, 0.1) is 5.92 Å². The van der Waals surface area contributed by atoms with E-state index in [4.69, 9.17) is 4.98 Å². The van der Waals surface area contributed by atoms with Gasteiger partial charge in [0, 0.05) is 30.6 Å². The quantitative estimate of drug-likeness (QED) is 0.912. The van der Waals surface area contributed by atoms with Crippen molar-refractivity contribution in [2.24, 2.45) is 5.92 Å². The lowest BCUT2D eigenvalue weighted by atomic mass is 9.97. The Hall–Kier alpha value is -1.88. The van der Waals surface area contributed by atoms with Crippen LogP contribution in [-0.4, -0.2) is 30.5 Å². The van der Waals surface area contributed by atoms with Gasteiger partial charge < -0.3 is 10.2 Å². The van der Waals surface area contributed by atoms with Gasteiger partial charge in [0.25, 0.3) is 0 Å². The molecule has 1 saturated heterocycles. The molecule has 0 aliphatic carbocycles. The van der Waals surface area contributed by atoms with Crippen molar-refractivity contribution in [1.82, 2.24) is 10.3 Å². The van der Waals surface area contributed by atoms with E-state index in [-0.39, 0.29) is 11.8 Å². The van der Waals surface area contributed by atoms with Gasteiger partial charge in [-0.3, -0.25) is 4.79 Å². The summed E-state index contributed by atoms with van der Waals surface area (Å²) in [5.74, 6) is 0.274. The second-order valence-electron chi connectivity index (χ2n) is 5.96. The number of amides is 1. The standard InChI is InChI=1S/C18H23N3OS/c1-2-10-19-17(22)15-9-6-11-21(12-15)18-20-16(13-23-18)14-7-4-3-5-8-14/h3-5,7-8,13,15H,2,6,9-12H2,1H3,(H,19,22). The topological polar surface area (TPSA) is 45.2 Å². The molecule has 1 aliphatic heterocycles. The van der Waals surface area contributed by atoms with E-state index in [1.54, 1.807) is 11.3 Å². The van der Waals surface area contributed by atoms with Gasteiger partial charge in [-0.1, -0.05) is 37.3 Å². The Bertz CT molecular complexity index is 641. The molecule has 3 rings (SSSR count). The molecule has 1 aromatic heterocycles. The smallest absolute Gasteiger partial charge is 0.224 e. The maximum atomic E-state index is 12.2. The first kappa shape index (κ1) is 16.0. The first-order valence-corrected chi connectivity index (χ1v) is 9.19. The van der Waals surface area contributed by atoms with Gasteiger partial charge in [-0.2, -0.15) is 0 Å². The average Bonchev–Trinajstić information content (AvgIpc) is 3.11. The molecule has 1 unspecified atom stereocenters. The molecule has 2 aromatic rings. The summed E-state index contributed by atoms with van der Waals surface area (Å²) < 4.78 is 0. The monoisotopic (exact) mass is 329 g/mol. The van der Waals surface area contributed by atoms with Crippen molar-refractivity contribution in [1.29, 1.82) is 0 Å². The summed E-state index contributed by atoms with van der Waals surface area (Å²) in [4.78, 5) is 19.2. The lowest BCUT2D eigenvalue weighted by Gasteiger charge is -2.31. The summed E-state index contributed by atoms with van der Waals surface area (Å²) >= 11 is 1.67. The molecule has 5 heteroatoms. The van der Waals surface area contributed by atoms with Crippen LogP contribution in [0.25, 0.3) is 11.3 Å². The minimum Gasteiger partial charge on any atom is -0.356 e. The molecule has 0 radical (unpaired) electrons. The van der Waals surface area contributed by atoms with Crippen molar-refractivity contribution in [3.63, 3.8) is 0 Å². The predicted octanol–water partition coefficient (Wildman–Crippen LogP) is 3.55. The van der Waals surface area contributed by atoms with Crippen molar-refractivity contribution >= 4 is 22.4 Å². The molecule has 23 heavy (non-hydrogen) atoms. The molecule has 4 nitrogen and oxygen atoms in total. The maximum absolute atomic E-state index is 12.2. The molecule has 0 saturated carbocycles. The zero-order chi connectivity index (χ0) is 16.1. The first-order valence-electron chi connectivity index (χ1n) is 8.31. The molecule has 2 heterocycles. The highest BCUT2D eigenvalue weighted by Crippen LogP contribution is 2.30. The van der Waals surface area contributed by atoms with Crippen LogP contribution in [-0.2, 0) is 4.79 Å². The third kappa shape index (κ3) is 3.91. The largest absolute Gasteiger partial charge is 0.356 e. The third-order valence-electron chi connectivity index (χ3n) is 4.17. The Kier molecular flexibility index (Phi) is 5.28. The average molecular weight is 329 g/mol. The highest BCUT2D eigenvalue weighted by molar-refractivity contribution is 7.14. The number of nitrogens with zero attached hydrogens (tertiary/aromatic N) is 2. The van der Waals surface area contributed by atoms with Gasteiger partial charge in [0.2, 0.25) is 5.91 Å². The van der Waals surface area contributed by atoms with Crippen LogP contribution in [0.1, 0.15) is 26.2 Å². The number of rotatable bonds is 5. The number of hydrogen-bond acceptors (Lipinski definition) is 4. The zero-order valence-electron chi connectivity index (χ0n) is 13.5. The van der Waals surface area contributed by atoms with E-state index in [1.165, 1.54) is 0 Å². The van der Waals surface area contributed by atoms with Gasteiger partial charge in [-0.25, -0.2) is 4.98 Å². The molecule has 1 N–H and O–H groups in total. The summed E-state index contributed by atoms with van der Waals surface area (Å²) in [6.07, 6.45) is 3.00. The predicted molar refractivity (Wildman–Crippen MR) is 95.8 cm³/mol. The minimum absolute atomic E-state index is 0.0828. The number of hydrogen-bond donors (Lipinski definition) is 1. The van der Waals surface area contributed by atoms with E-state index in [9.17, 15) is 4.79 Å². The van der Waals surface area contributed by atoms with E-state index < -0.39 is 0 Å². The fourth-order valence-corrected chi connectivity index (χ4v) is 3.78. The van der Waals surface area contributed by atoms with Crippen molar-refractivity contribution in [2.45, 2.75) is 26.2 Å². The van der Waals surface area contributed by atoms with Crippen molar-refractivity contribution in [3.05, 3.63) is 35.7 Å². The number of benzene rings is 1. The second-order valence-corrected chi connectivity index (χ2v) is 6.79. The fraction of sp³-hybridized carbons (Fsp3) is 0.444. The zero-order valence-corrected chi connectivity index (χ0v) is 14.3. The van der Waals surface area contributed by atoms with Crippen LogP contribution >= 0.6 is 11.3 Å². The molecular weight excluding hydrogens is 306 g/mol. The Morgan fingerprint density at radius 2 is 2.22 bits per heavy atom. The Morgan fingerprint density at radius 3 is 3.00 bits per heavy atom. The van der Waals surface area contributed by atoms with Gasteiger partial charge in [-0.15, -0.1) is 11.3 Å². The molecule has 0 spiro atoms. The number of anilines is 1. The van der Waals surface area contributed by atoms with Crippen molar-refractivity contribution < 1.29 is 4.79 Å². The van der Waals surface area contributed by atoms with Gasteiger partial charge in [0.1, 0.15) is 0 Å². The number of piperidine rings is 1. The van der Waals surface area contributed by atoms with Crippen LogP contribution in [0.3, 0.4) is 0 Å². The van der Waals surface area contributed by atoms with Crippen LogP contribution in [0.5, 0.6) is 0 Å². The summed E-state index contributed by atoms with van der Waals surface area (Å²) in [6.45, 7) is 4.61. The van der Waals surface area contributed by atoms with Crippen LogP contribution in [0.15, 0.2) is 35.7 Å². The van der Waals surface area contributed by atoms with Crippen molar-refractivity contribution in [2.75, 3.05) is 24.5 Å². The second kappa shape index (κ2) is 7.59. The van der Waals surface area contributed by atoms with Gasteiger partial charge >= 0.3 is 0 Å². The number of carbonyl (C=O) groups excluding carboxylic acids is 1. The van der Waals surface area contributed by atoms with E-state index in [0.29, 0.717) is 0 Å². The van der Waals surface area contributed by atoms with Gasteiger partial charge in [0.05, 0.1) is 11.6 Å². The number of thiazole rings is 1. The van der Waals surface area contributed by atoms with E-state index in [0.717, 1.165) is 55.3 Å². The summed E-state index contributed by atoms with van der Waals surface area (Å²) in [5.41, 5.74) is 2.16. The summed E-state index contributed by atoms with van der Waals surface area (Å²) in [6, 6.07) is 10.2. The fourth-order valence-electron chi connectivity index (χ4n) is 2.91. The Balaban J connectivity index is 1.67. The van der Waals surface area contributed by atoms with Crippen molar-refractivity contribution in [3.8, 4) is 11.3 Å². The lowest BCUT2D eigenvalue weighted by Crippen LogP contribution is -2.43. The molecule has 1 aliphatic rings. The van der Waals surface area contributed by atoms with Gasteiger partial charge in [0.15, 0.2) is 5.13 Å². The molecular formula is C18H23N3OS. The van der Waals surface area contributed by atoms with Crippen LogP contribution < -0.4 is 10.2 Å². The molecule has 0 bridgehead atoms. The number of nitrogens with one attached hydrogen (secondary N) is 1. The van der Waals surface area contributed by atoms with E-state index in [2.05, 4.69) is 34.7 Å². The summed E-state index contributed by atoms with van der Waals surface area (Å²) in [5, 5.41) is 6.15. The van der Waals surface area contributed by atoms with Gasteiger partial charge in [-0.05, 0) is 19.3 Å². The molecule has 1 fully saturated rings.